The zero-order chi connectivity index (χ0) is 13.2. The van der Waals surface area contributed by atoms with Crippen molar-refractivity contribution >= 4 is 5.91 Å². The molecular weight excluding hydrogens is 228 g/mol. The maximum Gasteiger partial charge on any atom is 0.221 e. The molecule has 1 amide bonds. The molecule has 0 fully saturated rings. The molecule has 4 heteroatoms. The van der Waals surface area contributed by atoms with E-state index in [1.807, 2.05) is 38.2 Å². The number of carbonyl (C=O) groups excluding carboxylic acids is 1. The minimum atomic E-state index is 0.0653. The van der Waals surface area contributed by atoms with Crippen LogP contribution in [0.2, 0.25) is 0 Å². The SMILES string of the molecule is CCOCc1ccccc1CNC(=O)CCNC. The Morgan fingerprint density at radius 1 is 1.28 bits per heavy atom. The van der Waals surface area contributed by atoms with Gasteiger partial charge in [-0.2, -0.15) is 0 Å². The average Bonchev–Trinajstić information content (AvgIpc) is 2.41. The number of carbonyl (C=O) groups is 1. The number of benzene rings is 1. The lowest BCUT2D eigenvalue weighted by Crippen LogP contribution is -2.26. The van der Waals surface area contributed by atoms with Gasteiger partial charge < -0.3 is 15.4 Å². The van der Waals surface area contributed by atoms with Crippen LogP contribution in [-0.4, -0.2) is 26.1 Å². The number of ether oxygens (including phenoxy) is 1. The molecule has 0 heterocycles. The number of nitrogens with one attached hydrogen (secondary N) is 2. The van der Waals surface area contributed by atoms with Crippen molar-refractivity contribution < 1.29 is 9.53 Å². The van der Waals surface area contributed by atoms with Crippen molar-refractivity contribution in [1.82, 2.24) is 10.6 Å². The summed E-state index contributed by atoms with van der Waals surface area (Å²) >= 11 is 0. The predicted octanol–water partition coefficient (Wildman–Crippen LogP) is 1.45. The van der Waals surface area contributed by atoms with Crippen LogP contribution < -0.4 is 10.6 Å². The van der Waals surface area contributed by atoms with Crippen LogP contribution in [0, 0.1) is 0 Å². The normalized spacial score (nSPS) is 10.3. The quantitative estimate of drug-likeness (QED) is 0.734. The fraction of sp³-hybridized carbons (Fsp3) is 0.500. The highest BCUT2D eigenvalue weighted by Gasteiger charge is 2.04. The summed E-state index contributed by atoms with van der Waals surface area (Å²) in [5, 5.41) is 5.87. The van der Waals surface area contributed by atoms with Crippen LogP contribution in [0.4, 0.5) is 0 Å². The summed E-state index contributed by atoms with van der Waals surface area (Å²) in [6.07, 6.45) is 0.504. The molecule has 1 aromatic carbocycles. The Morgan fingerprint density at radius 3 is 2.67 bits per heavy atom. The van der Waals surface area contributed by atoms with E-state index in [0.29, 0.717) is 32.7 Å². The molecule has 0 aliphatic rings. The van der Waals surface area contributed by atoms with E-state index in [1.165, 1.54) is 0 Å². The molecular formula is C14H22N2O2. The second-order valence-electron chi connectivity index (χ2n) is 4.04. The highest BCUT2D eigenvalue weighted by molar-refractivity contribution is 5.76. The largest absolute Gasteiger partial charge is 0.377 e. The summed E-state index contributed by atoms with van der Waals surface area (Å²) in [5.74, 6) is 0.0653. The van der Waals surface area contributed by atoms with Gasteiger partial charge in [0, 0.05) is 26.1 Å². The van der Waals surface area contributed by atoms with E-state index in [2.05, 4.69) is 10.6 Å². The van der Waals surface area contributed by atoms with E-state index >= 15 is 0 Å². The summed E-state index contributed by atoms with van der Waals surface area (Å²) in [6.45, 7) is 4.53. The third kappa shape index (κ3) is 5.29. The fourth-order valence-corrected chi connectivity index (χ4v) is 1.60. The maximum atomic E-state index is 11.5. The molecule has 2 N–H and O–H groups in total. The second kappa shape index (κ2) is 8.66. The van der Waals surface area contributed by atoms with Crippen molar-refractivity contribution in [3.8, 4) is 0 Å². The van der Waals surface area contributed by atoms with Crippen molar-refractivity contribution in [3.63, 3.8) is 0 Å². The predicted molar refractivity (Wildman–Crippen MR) is 72.2 cm³/mol. The van der Waals surface area contributed by atoms with Crippen LogP contribution in [0.1, 0.15) is 24.5 Å². The van der Waals surface area contributed by atoms with Gasteiger partial charge in [0.15, 0.2) is 0 Å². The van der Waals surface area contributed by atoms with Crippen molar-refractivity contribution in [2.45, 2.75) is 26.5 Å². The van der Waals surface area contributed by atoms with E-state index in [-0.39, 0.29) is 5.91 Å². The molecule has 0 aliphatic heterocycles. The van der Waals surface area contributed by atoms with E-state index in [1.54, 1.807) is 0 Å². The van der Waals surface area contributed by atoms with Gasteiger partial charge >= 0.3 is 0 Å². The first-order chi connectivity index (χ1) is 8.77. The van der Waals surface area contributed by atoms with Crippen molar-refractivity contribution in [2.24, 2.45) is 0 Å². The highest BCUT2D eigenvalue weighted by atomic mass is 16.5. The van der Waals surface area contributed by atoms with Crippen LogP contribution in [0.15, 0.2) is 24.3 Å². The van der Waals surface area contributed by atoms with E-state index in [9.17, 15) is 4.79 Å². The summed E-state index contributed by atoms with van der Waals surface area (Å²) in [4.78, 5) is 11.5. The second-order valence-corrected chi connectivity index (χ2v) is 4.04. The Morgan fingerprint density at radius 2 is 2.00 bits per heavy atom. The highest BCUT2D eigenvalue weighted by Crippen LogP contribution is 2.09. The molecule has 0 aromatic heterocycles. The van der Waals surface area contributed by atoms with Crippen LogP contribution in [0.5, 0.6) is 0 Å². The van der Waals surface area contributed by atoms with Gasteiger partial charge in [0.05, 0.1) is 6.61 Å². The minimum absolute atomic E-state index is 0.0653. The van der Waals surface area contributed by atoms with Gasteiger partial charge in [-0.25, -0.2) is 0 Å². The van der Waals surface area contributed by atoms with Gasteiger partial charge in [-0.05, 0) is 25.1 Å². The summed E-state index contributed by atoms with van der Waals surface area (Å²) in [5.41, 5.74) is 2.25. The van der Waals surface area contributed by atoms with Crippen LogP contribution >= 0.6 is 0 Å². The molecule has 18 heavy (non-hydrogen) atoms. The zero-order valence-electron chi connectivity index (χ0n) is 11.2. The molecule has 0 radical (unpaired) electrons. The van der Waals surface area contributed by atoms with Gasteiger partial charge in [0.25, 0.3) is 0 Å². The summed E-state index contributed by atoms with van der Waals surface area (Å²) in [6, 6.07) is 8.02. The molecule has 0 aliphatic carbocycles. The lowest BCUT2D eigenvalue weighted by Gasteiger charge is -2.10. The van der Waals surface area contributed by atoms with Gasteiger partial charge in [-0.15, -0.1) is 0 Å². The van der Waals surface area contributed by atoms with Crippen molar-refractivity contribution in [2.75, 3.05) is 20.2 Å². The minimum Gasteiger partial charge on any atom is -0.377 e. The number of amides is 1. The van der Waals surface area contributed by atoms with Crippen molar-refractivity contribution in [3.05, 3.63) is 35.4 Å². The third-order valence-corrected chi connectivity index (χ3v) is 2.66. The molecule has 100 valence electrons. The van der Waals surface area contributed by atoms with Gasteiger partial charge in [0.1, 0.15) is 0 Å². The Hall–Kier alpha value is -1.39. The van der Waals surface area contributed by atoms with Gasteiger partial charge in [-0.1, -0.05) is 24.3 Å². The standard InChI is InChI=1S/C14H22N2O2/c1-3-18-11-13-7-5-4-6-12(13)10-16-14(17)8-9-15-2/h4-7,15H,3,8-11H2,1-2H3,(H,16,17). The molecule has 0 spiro atoms. The zero-order valence-corrected chi connectivity index (χ0v) is 11.2. The third-order valence-electron chi connectivity index (χ3n) is 2.66. The number of hydrogen-bond donors (Lipinski definition) is 2. The van der Waals surface area contributed by atoms with Crippen LogP contribution in [0.25, 0.3) is 0 Å². The molecule has 4 nitrogen and oxygen atoms in total. The van der Waals surface area contributed by atoms with Gasteiger partial charge in [-0.3, -0.25) is 4.79 Å². The first-order valence-corrected chi connectivity index (χ1v) is 6.33. The van der Waals surface area contributed by atoms with Crippen molar-refractivity contribution in [1.29, 1.82) is 0 Å². The van der Waals surface area contributed by atoms with Gasteiger partial charge in [0.2, 0.25) is 5.91 Å². The first-order valence-electron chi connectivity index (χ1n) is 6.33. The molecule has 0 atom stereocenters. The smallest absolute Gasteiger partial charge is 0.221 e. The molecule has 0 saturated carbocycles. The fourth-order valence-electron chi connectivity index (χ4n) is 1.60. The number of hydrogen-bond acceptors (Lipinski definition) is 3. The lowest BCUT2D eigenvalue weighted by molar-refractivity contribution is -0.121. The van der Waals surface area contributed by atoms with Crippen LogP contribution in [0.3, 0.4) is 0 Å². The first kappa shape index (κ1) is 14.7. The average molecular weight is 250 g/mol. The molecule has 1 rings (SSSR count). The topological polar surface area (TPSA) is 50.4 Å². The van der Waals surface area contributed by atoms with E-state index < -0.39 is 0 Å². The lowest BCUT2D eigenvalue weighted by atomic mass is 10.1. The number of rotatable bonds is 8. The van der Waals surface area contributed by atoms with E-state index in [4.69, 9.17) is 4.74 Å². The molecule has 0 bridgehead atoms. The Labute approximate surface area is 109 Å². The van der Waals surface area contributed by atoms with E-state index in [0.717, 1.165) is 11.1 Å². The Balaban J connectivity index is 2.47. The van der Waals surface area contributed by atoms with Crippen LogP contribution in [-0.2, 0) is 22.7 Å². The maximum absolute atomic E-state index is 11.5. The molecule has 0 unspecified atom stereocenters. The summed E-state index contributed by atoms with van der Waals surface area (Å²) < 4.78 is 5.41. The molecule has 0 saturated heterocycles. The Kier molecular flexibility index (Phi) is 7.06. The molecule has 1 aromatic rings. The Bertz CT molecular complexity index is 367. The summed E-state index contributed by atoms with van der Waals surface area (Å²) in [7, 11) is 1.84. The monoisotopic (exact) mass is 250 g/mol.